The van der Waals surface area contributed by atoms with E-state index in [1.165, 1.54) is 12.3 Å². The highest BCUT2D eigenvalue weighted by Crippen LogP contribution is 2.25. The average Bonchev–Trinajstić information content (AvgIpc) is 2.73. The standard InChI is InChI=1S/C10H9BrN4O2S/c1-6-3-12-9(18-6)5-14-10-8(11)2-7(4-13-10)15(16)17/h2-4H,5H2,1H3,(H,13,14). The van der Waals surface area contributed by atoms with E-state index in [9.17, 15) is 10.1 Å². The first kappa shape index (κ1) is 12.9. The number of rotatable bonds is 4. The molecule has 0 atom stereocenters. The number of hydrogen-bond acceptors (Lipinski definition) is 6. The molecule has 0 spiro atoms. The van der Waals surface area contributed by atoms with Gasteiger partial charge >= 0.3 is 0 Å². The number of nitrogens with one attached hydrogen (secondary N) is 1. The van der Waals surface area contributed by atoms with E-state index >= 15 is 0 Å². The molecule has 94 valence electrons. The van der Waals surface area contributed by atoms with Crippen molar-refractivity contribution in [2.45, 2.75) is 13.5 Å². The van der Waals surface area contributed by atoms with Crippen LogP contribution in [0.15, 0.2) is 22.9 Å². The van der Waals surface area contributed by atoms with Crippen molar-refractivity contribution in [1.82, 2.24) is 9.97 Å². The van der Waals surface area contributed by atoms with Gasteiger partial charge in [-0.2, -0.15) is 0 Å². The Balaban J connectivity index is 2.08. The Kier molecular flexibility index (Phi) is 3.87. The van der Waals surface area contributed by atoms with Crippen LogP contribution in [0.2, 0.25) is 0 Å². The highest BCUT2D eigenvalue weighted by molar-refractivity contribution is 9.10. The summed E-state index contributed by atoms with van der Waals surface area (Å²) >= 11 is 4.84. The highest BCUT2D eigenvalue weighted by Gasteiger charge is 2.10. The monoisotopic (exact) mass is 328 g/mol. The number of nitro groups is 1. The van der Waals surface area contributed by atoms with Crippen LogP contribution in [-0.2, 0) is 6.54 Å². The third-order valence-electron chi connectivity index (χ3n) is 2.11. The molecule has 2 rings (SSSR count). The summed E-state index contributed by atoms with van der Waals surface area (Å²) in [4.78, 5) is 19.4. The van der Waals surface area contributed by atoms with Gasteiger partial charge in [-0.15, -0.1) is 11.3 Å². The van der Waals surface area contributed by atoms with Crippen molar-refractivity contribution < 1.29 is 4.92 Å². The molecular weight excluding hydrogens is 320 g/mol. The molecule has 2 aromatic rings. The quantitative estimate of drug-likeness (QED) is 0.688. The fraction of sp³-hybridized carbons (Fsp3) is 0.200. The van der Waals surface area contributed by atoms with Crippen molar-refractivity contribution in [2.75, 3.05) is 5.32 Å². The lowest BCUT2D eigenvalue weighted by molar-refractivity contribution is -0.385. The fourth-order valence-corrected chi connectivity index (χ4v) is 2.50. The minimum Gasteiger partial charge on any atom is -0.363 e. The predicted molar refractivity (Wildman–Crippen MR) is 72.8 cm³/mol. The van der Waals surface area contributed by atoms with E-state index in [4.69, 9.17) is 0 Å². The first-order chi connectivity index (χ1) is 8.56. The molecule has 0 saturated carbocycles. The highest BCUT2D eigenvalue weighted by atomic mass is 79.9. The molecule has 1 N–H and O–H groups in total. The molecule has 0 aliphatic heterocycles. The summed E-state index contributed by atoms with van der Waals surface area (Å²) < 4.78 is 0.560. The number of aromatic nitrogens is 2. The summed E-state index contributed by atoms with van der Waals surface area (Å²) in [7, 11) is 0. The van der Waals surface area contributed by atoms with Gasteiger partial charge < -0.3 is 5.32 Å². The van der Waals surface area contributed by atoms with Gasteiger partial charge in [-0.05, 0) is 22.9 Å². The van der Waals surface area contributed by atoms with Crippen molar-refractivity contribution in [3.63, 3.8) is 0 Å². The average molecular weight is 329 g/mol. The predicted octanol–water partition coefficient (Wildman–Crippen LogP) is 3.13. The van der Waals surface area contributed by atoms with Gasteiger partial charge in [-0.1, -0.05) is 0 Å². The topological polar surface area (TPSA) is 81.0 Å². The maximum atomic E-state index is 10.6. The van der Waals surface area contributed by atoms with Crippen LogP contribution in [0.3, 0.4) is 0 Å². The van der Waals surface area contributed by atoms with Gasteiger partial charge in [-0.3, -0.25) is 10.1 Å². The summed E-state index contributed by atoms with van der Waals surface area (Å²) in [6.07, 6.45) is 3.03. The van der Waals surface area contributed by atoms with Gasteiger partial charge in [0.05, 0.1) is 15.9 Å². The molecule has 0 aliphatic rings. The summed E-state index contributed by atoms with van der Waals surface area (Å²) in [5, 5.41) is 14.6. The van der Waals surface area contributed by atoms with Gasteiger partial charge in [0, 0.05) is 17.1 Å². The van der Waals surface area contributed by atoms with Crippen molar-refractivity contribution >= 4 is 38.8 Å². The Hall–Kier alpha value is -1.54. The van der Waals surface area contributed by atoms with Gasteiger partial charge in [0.15, 0.2) is 0 Å². The molecule has 6 nitrogen and oxygen atoms in total. The van der Waals surface area contributed by atoms with E-state index in [1.54, 1.807) is 17.5 Å². The van der Waals surface area contributed by atoms with Gasteiger partial charge in [0.2, 0.25) is 0 Å². The van der Waals surface area contributed by atoms with E-state index in [2.05, 4.69) is 31.2 Å². The molecule has 0 unspecified atom stereocenters. The van der Waals surface area contributed by atoms with Crippen LogP contribution >= 0.6 is 27.3 Å². The van der Waals surface area contributed by atoms with E-state index in [0.29, 0.717) is 16.8 Å². The number of nitrogens with zero attached hydrogens (tertiary/aromatic N) is 3. The Bertz CT molecular complexity index is 587. The first-order valence-electron chi connectivity index (χ1n) is 5.01. The third-order valence-corrected chi connectivity index (χ3v) is 3.63. The van der Waals surface area contributed by atoms with E-state index in [1.807, 2.05) is 6.92 Å². The number of hydrogen-bond donors (Lipinski definition) is 1. The number of anilines is 1. The SMILES string of the molecule is Cc1cnc(CNc2ncc([N+](=O)[O-])cc2Br)s1. The number of thiazole rings is 1. The maximum absolute atomic E-state index is 10.6. The molecule has 0 radical (unpaired) electrons. The van der Waals surface area contributed by atoms with Crippen LogP contribution in [0.4, 0.5) is 11.5 Å². The second-order valence-electron chi connectivity index (χ2n) is 3.50. The summed E-state index contributed by atoms with van der Waals surface area (Å²) in [6.45, 7) is 2.53. The number of aryl methyl sites for hydroxylation is 1. The second kappa shape index (κ2) is 5.40. The van der Waals surface area contributed by atoms with Crippen molar-refractivity contribution in [1.29, 1.82) is 0 Å². The minimum atomic E-state index is -0.480. The summed E-state index contributed by atoms with van der Waals surface area (Å²) in [5.74, 6) is 0.563. The van der Waals surface area contributed by atoms with Gasteiger partial charge in [0.25, 0.3) is 5.69 Å². The Labute approximate surface area is 115 Å². The molecule has 2 heterocycles. The smallest absolute Gasteiger partial charge is 0.288 e. The summed E-state index contributed by atoms with van der Waals surface area (Å²) in [6, 6.07) is 1.42. The van der Waals surface area contributed by atoms with Crippen LogP contribution in [0.25, 0.3) is 0 Å². The normalized spacial score (nSPS) is 10.3. The lowest BCUT2D eigenvalue weighted by atomic mass is 10.4. The van der Waals surface area contributed by atoms with Crippen LogP contribution < -0.4 is 5.32 Å². The molecule has 18 heavy (non-hydrogen) atoms. The molecule has 0 aromatic carbocycles. The molecule has 0 fully saturated rings. The molecule has 0 aliphatic carbocycles. The Morgan fingerprint density at radius 3 is 2.83 bits per heavy atom. The van der Waals surface area contributed by atoms with Crippen LogP contribution in [0.1, 0.15) is 9.88 Å². The van der Waals surface area contributed by atoms with Crippen molar-refractivity contribution in [2.24, 2.45) is 0 Å². The summed E-state index contributed by atoms with van der Waals surface area (Å²) in [5.41, 5.74) is -0.0440. The lowest BCUT2D eigenvalue weighted by Gasteiger charge is -2.05. The molecular formula is C10H9BrN4O2S. The zero-order valence-electron chi connectivity index (χ0n) is 9.38. The maximum Gasteiger partial charge on any atom is 0.288 e. The Morgan fingerprint density at radius 2 is 2.28 bits per heavy atom. The van der Waals surface area contributed by atoms with Gasteiger partial charge in [0.1, 0.15) is 17.0 Å². The van der Waals surface area contributed by atoms with Crippen molar-refractivity contribution in [3.8, 4) is 0 Å². The Morgan fingerprint density at radius 1 is 1.50 bits per heavy atom. The first-order valence-corrected chi connectivity index (χ1v) is 6.62. The van der Waals surface area contributed by atoms with Gasteiger partial charge in [-0.25, -0.2) is 9.97 Å². The van der Waals surface area contributed by atoms with Crippen LogP contribution in [0.5, 0.6) is 0 Å². The molecule has 0 bridgehead atoms. The van der Waals surface area contributed by atoms with E-state index < -0.39 is 4.92 Å². The van der Waals surface area contributed by atoms with Crippen LogP contribution in [-0.4, -0.2) is 14.9 Å². The lowest BCUT2D eigenvalue weighted by Crippen LogP contribution is -2.02. The zero-order chi connectivity index (χ0) is 13.1. The number of halogens is 1. The van der Waals surface area contributed by atoms with Crippen molar-refractivity contribution in [3.05, 3.63) is 42.9 Å². The zero-order valence-corrected chi connectivity index (χ0v) is 11.8. The molecule has 0 amide bonds. The fourth-order valence-electron chi connectivity index (χ4n) is 1.30. The van der Waals surface area contributed by atoms with Crippen LogP contribution in [0, 0.1) is 17.0 Å². The third kappa shape index (κ3) is 3.02. The number of pyridine rings is 1. The van der Waals surface area contributed by atoms with E-state index in [0.717, 1.165) is 9.88 Å². The largest absolute Gasteiger partial charge is 0.363 e. The second-order valence-corrected chi connectivity index (χ2v) is 5.67. The minimum absolute atomic E-state index is 0.0440. The molecule has 0 saturated heterocycles. The molecule has 2 aromatic heterocycles. The molecule has 8 heteroatoms. The van der Waals surface area contributed by atoms with E-state index in [-0.39, 0.29) is 5.69 Å².